The quantitative estimate of drug-likeness (QED) is 0.177. The molecule has 4 aromatic rings. The molecule has 0 spiro atoms. The van der Waals surface area contributed by atoms with Gasteiger partial charge < -0.3 is 10.2 Å². The van der Waals surface area contributed by atoms with E-state index in [4.69, 9.17) is 0 Å². The van der Waals surface area contributed by atoms with Crippen molar-refractivity contribution in [3.05, 3.63) is 130 Å². The maximum atomic E-state index is 14.5. The van der Waals surface area contributed by atoms with Crippen LogP contribution in [0.1, 0.15) is 35.6 Å². The van der Waals surface area contributed by atoms with Crippen molar-refractivity contribution in [2.45, 2.75) is 51.1 Å². The maximum absolute atomic E-state index is 14.5. The summed E-state index contributed by atoms with van der Waals surface area (Å²) in [7, 11) is -4.14. The van der Waals surface area contributed by atoms with Crippen LogP contribution in [-0.4, -0.2) is 44.3 Å². The third-order valence-corrected chi connectivity index (χ3v) is 9.66. The lowest BCUT2D eigenvalue weighted by Gasteiger charge is -2.34. The Balaban J connectivity index is 1.80. The molecule has 0 unspecified atom stereocenters. The van der Waals surface area contributed by atoms with E-state index in [2.05, 4.69) is 21.2 Å². The second kappa shape index (κ2) is 15.2. The van der Waals surface area contributed by atoms with Crippen molar-refractivity contribution >= 4 is 43.5 Å². The lowest BCUT2D eigenvalue weighted by Crippen LogP contribution is -2.53. The molecule has 0 radical (unpaired) electrons. The number of carbonyl (C=O) groups excluding carboxylic acids is 2. The van der Waals surface area contributed by atoms with Crippen LogP contribution < -0.4 is 9.62 Å². The third-order valence-electron chi connectivity index (χ3n) is 7.36. The second-order valence-electron chi connectivity index (χ2n) is 10.8. The average Bonchev–Trinajstić information content (AvgIpc) is 3.02. The van der Waals surface area contributed by atoms with E-state index in [0.29, 0.717) is 17.8 Å². The third kappa shape index (κ3) is 8.36. The molecule has 9 heteroatoms. The van der Waals surface area contributed by atoms with Crippen LogP contribution in [0, 0.1) is 13.8 Å². The zero-order valence-corrected chi connectivity index (χ0v) is 27.6. The van der Waals surface area contributed by atoms with Crippen molar-refractivity contribution in [3.8, 4) is 0 Å². The number of anilines is 1. The Morgan fingerprint density at radius 3 is 2.09 bits per heavy atom. The normalized spacial score (nSPS) is 11.9. The molecule has 0 aliphatic carbocycles. The molecule has 0 heterocycles. The highest BCUT2D eigenvalue weighted by Crippen LogP contribution is 2.28. The first-order valence-corrected chi connectivity index (χ1v) is 16.8. The molecule has 4 aromatic carbocycles. The van der Waals surface area contributed by atoms with Gasteiger partial charge in [-0.1, -0.05) is 101 Å². The second-order valence-corrected chi connectivity index (χ2v) is 13.5. The van der Waals surface area contributed by atoms with Crippen molar-refractivity contribution in [1.82, 2.24) is 10.2 Å². The summed E-state index contributed by atoms with van der Waals surface area (Å²) in [5.74, 6) is -0.774. The molecule has 0 aromatic heterocycles. The van der Waals surface area contributed by atoms with Crippen LogP contribution >= 0.6 is 15.9 Å². The summed E-state index contributed by atoms with van der Waals surface area (Å²) in [6, 6.07) is 29.8. The Morgan fingerprint density at radius 2 is 1.45 bits per heavy atom. The van der Waals surface area contributed by atoms with Crippen LogP contribution in [0.3, 0.4) is 0 Å². The van der Waals surface area contributed by atoms with Gasteiger partial charge in [0.15, 0.2) is 0 Å². The molecule has 7 nitrogen and oxygen atoms in total. The largest absolute Gasteiger partial charge is 0.354 e. The van der Waals surface area contributed by atoms with Gasteiger partial charge in [0.1, 0.15) is 12.6 Å². The minimum absolute atomic E-state index is 0.0835. The number of nitrogens with one attached hydrogen (secondary N) is 1. The van der Waals surface area contributed by atoms with Crippen LogP contribution in [0.2, 0.25) is 0 Å². The molecule has 0 saturated carbocycles. The van der Waals surface area contributed by atoms with Crippen LogP contribution in [0.15, 0.2) is 112 Å². The number of hydrogen-bond acceptors (Lipinski definition) is 4. The van der Waals surface area contributed by atoms with E-state index in [0.717, 1.165) is 31.9 Å². The molecule has 0 aliphatic rings. The first kappa shape index (κ1) is 33.0. The number of amides is 2. The fourth-order valence-electron chi connectivity index (χ4n) is 4.90. The van der Waals surface area contributed by atoms with Gasteiger partial charge in [0.05, 0.1) is 10.6 Å². The smallest absolute Gasteiger partial charge is 0.264 e. The molecule has 1 N–H and O–H groups in total. The highest BCUT2D eigenvalue weighted by atomic mass is 79.9. The van der Waals surface area contributed by atoms with Gasteiger partial charge in [-0.3, -0.25) is 13.9 Å². The Bertz CT molecular complexity index is 1660. The van der Waals surface area contributed by atoms with Gasteiger partial charge in [0.2, 0.25) is 11.8 Å². The molecular weight excluding hydrogens is 638 g/mol. The summed E-state index contributed by atoms with van der Waals surface area (Å²) >= 11 is 3.46. The zero-order valence-electron chi connectivity index (χ0n) is 25.2. The molecule has 0 bridgehead atoms. The van der Waals surface area contributed by atoms with E-state index in [-0.39, 0.29) is 23.8 Å². The maximum Gasteiger partial charge on any atom is 0.264 e. The summed E-state index contributed by atoms with van der Waals surface area (Å²) in [6.45, 7) is 5.76. The molecule has 4 rings (SSSR count). The number of sulfonamides is 1. The molecular formula is C35H38BrN3O4S. The SMILES string of the molecule is CCCNC(=O)[C@H](Cc1ccccc1)N(Cc1ccc(Br)cc1)C(=O)CN(c1ccccc1C)S(=O)(=O)c1ccc(C)cc1. The zero-order chi connectivity index (χ0) is 31.7. The number of hydrogen-bond donors (Lipinski definition) is 1. The van der Waals surface area contributed by atoms with E-state index in [1.807, 2.05) is 87.5 Å². The minimum Gasteiger partial charge on any atom is -0.354 e. The summed E-state index contributed by atoms with van der Waals surface area (Å²) in [4.78, 5) is 29.8. The van der Waals surface area contributed by atoms with Crippen molar-refractivity contribution in [2.24, 2.45) is 0 Å². The van der Waals surface area contributed by atoms with E-state index in [9.17, 15) is 18.0 Å². The Hall–Kier alpha value is -3.95. The number of rotatable bonds is 13. The summed E-state index contributed by atoms with van der Waals surface area (Å²) < 4.78 is 30.4. The van der Waals surface area contributed by atoms with Crippen molar-refractivity contribution < 1.29 is 18.0 Å². The van der Waals surface area contributed by atoms with Crippen LogP contribution in [0.5, 0.6) is 0 Å². The van der Waals surface area contributed by atoms with Gasteiger partial charge in [0.25, 0.3) is 10.0 Å². The van der Waals surface area contributed by atoms with Gasteiger partial charge >= 0.3 is 0 Å². The first-order valence-electron chi connectivity index (χ1n) is 14.6. The van der Waals surface area contributed by atoms with E-state index < -0.39 is 28.5 Å². The van der Waals surface area contributed by atoms with Crippen molar-refractivity contribution in [3.63, 3.8) is 0 Å². The Kier molecular flexibility index (Phi) is 11.4. The highest BCUT2D eigenvalue weighted by Gasteiger charge is 2.35. The molecule has 0 fully saturated rings. The van der Waals surface area contributed by atoms with E-state index in [1.165, 1.54) is 4.90 Å². The number of aryl methyl sites for hydroxylation is 2. The predicted molar refractivity (Wildman–Crippen MR) is 179 cm³/mol. The predicted octanol–water partition coefficient (Wildman–Crippen LogP) is 6.43. The number of benzene rings is 4. The van der Waals surface area contributed by atoms with Crippen LogP contribution in [-0.2, 0) is 32.6 Å². The summed E-state index contributed by atoms with van der Waals surface area (Å²) in [5, 5.41) is 2.97. The minimum atomic E-state index is -4.14. The fraction of sp³-hybridized carbons (Fsp3) is 0.257. The topological polar surface area (TPSA) is 86.8 Å². The van der Waals surface area contributed by atoms with E-state index in [1.54, 1.807) is 36.4 Å². The molecule has 0 aliphatic heterocycles. The molecule has 230 valence electrons. The first-order chi connectivity index (χ1) is 21.1. The number of carbonyl (C=O) groups is 2. The van der Waals surface area contributed by atoms with Gasteiger partial charge in [-0.2, -0.15) is 0 Å². The molecule has 44 heavy (non-hydrogen) atoms. The van der Waals surface area contributed by atoms with Gasteiger partial charge in [-0.25, -0.2) is 8.42 Å². The fourth-order valence-corrected chi connectivity index (χ4v) is 6.64. The molecule has 2 amide bonds. The molecule has 0 saturated heterocycles. The van der Waals surface area contributed by atoms with Gasteiger partial charge in [-0.15, -0.1) is 0 Å². The standard InChI is InChI=1S/C35H38BrN3O4S/c1-4-22-37-35(41)33(23-28-11-6-5-7-12-28)38(24-29-16-18-30(36)19-17-29)34(40)25-39(32-13-9-8-10-27(32)3)44(42,43)31-20-14-26(2)15-21-31/h5-21,33H,4,22-25H2,1-3H3,(H,37,41)/t33-/m0/s1. The number of halogens is 1. The summed E-state index contributed by atoms with van der Waals surface area (Å²) in [6.07, 6.45) is 1.01. The van der Waals surface area contributed by atoms with Crippen LogP contribution in [0.25, 0.3) is 0 Å². The van der Waals surface area contributed by atoms with Gasteiger partial charge in [0, 0.05) is 24.0 Å². The monoisotopic (exact) mass is 675 g/mol. The van der Waals surface area contributed by atoms with Gasteiger partial charge in [-0.05, 0) is 67.3 Å². The Morgan fingerprint density at radius 1 is 0.818 bits per heavy atom. The number of nitrogens with zero attached hydrogens (tertiary/aromatic N) is 2. The lowest BCUT2D eigenvalue weighted by atomic mass is 10.0. The van der Waals surface area contributed by atoms with Crippen LogP contribution in [0.4, 0.5) is 5.69 Å². The van der Waals surface area contributed by atoms with E-state index >= 15 is 0 Å². The van der Waals surface area contributed by atoms with Crippen molar-refractivity contribution in [2.75, 3.05) is 17.4 Å². The number of para-hydroxylation sites is 1. The average molecular weight is 677 g/mol. The summed E-state index contributed by atoms with van der Waals surface area (Å²) in [5.41, 5.74) is 3.73. The highest BCUT2D eigenvalue weighted by molar-refractivity contribution is 9.10. The van der Waals surface area contributed by atoms with Crippen molar-refractivity contribution in [1.29, 1.82) is 0 Å². The lowest BCUT2D eigenvalue weighted by molar-refractivity contribution is -0.140. The Labute approximate surface area is 269 Å². The molecule has 1 atom stereocenters.